The molecular formula is C23H27F2NO. The van der Waals surface area contributed by atoms with Crippen LogP contribution in [0.15, 0.2) is 42.5 Å². The molecule has 0 spiro atoms. The Morgan fingerprint density at radius 2 is 1.67 bits per heavy atom. The molecule has 2 heterocycles. The van der Waals surface area contributed by atoms with E-state index in [-0.39, 0.29) is 12.0 Å². The second kappa shape index (κ2) is 7.33. The summed E-state index contributed by atoms with van der Waals surface area (Å²) in [6, 6.07) is 14.2. The zero-order chi connectivity index (χ0) is 19.0. The lowest BCUT2D eigenvalue weighted by molar-refractivity contribution is -0.0950. The molecule has 2 aromatic rings. The largest absolute Gasteiger partial charge is 0.389 e. The van der Waals surface area contributed by atoms with Crippen molar-refractivity contribution in [2.24, 2.45) is 0 Å². The van der Waals surface area contributed by atoms with E-state index < -0.39 is 17.2 Å². The third kappa shape index (κ3) is 3.78. The zero-order valence-electron chi connectivity index (χ0n) is 15.8. The van der Waals surface area contributed by atoms with Gasteiger partial charge in [0.25, 0.3) is 0 Å². The summed E-state index contributed by atoms with van der Waals surface area (Å²) in [5.74, 6) is -1.60. The molecule has 2 saturated heterocycles. The van der Waals surface area contributed by atoms with Gasteiger partial charge in [0.1, 0.15) is 0 Å². The Hall–Kier alpha value is -1.78. The standard InChI is InChI=1S/C23H27F2NO/c1-16-10-11-18(22(25)21(16)24)12-23(27)13-19-8-5-9-20(14-23)26(19)15-17-6-3-2-4-7-17/h2-4,6-7,10-11,19-20,27H,5,8-9,12-15H2,1H3. The smallest absolute Gasteiger partial charge is 0.162 e. The lowest BCUT2D eigenvalue weighted by atomic mass is 9.73. The molecule has 2 fully saturated rings. The third-order valence-corrected chi connectivity index (χ3v) is 6.33. The molecule has 2 aliphatic rings. The number of rotatable bonds is 4. The third-order valence-electron chi connectivity index (χ3n) is 6.33. The number of hydrogen-bond acceptors (Lipinski definition) is 2. The van der Waals surface area contributed by atoms with Gasteiger partial charge in [-0.1, -0.05) is 48.9 Å². The van der Waals surface area contributed by atoms with Crippen molar-refractivity contribution in [3.05, 3.63) is 70.8 Å². The van der Waals surface area contributed by atoms with Crippen LogP contribution in [0.2, 0.25) is 0 Å². The molecule has 0 amide bonds. The van der Waals surface area contributed by atoms with E-state index in [9.17, 15) is 13.9 Å². The predicted octanol–water partition coefficient (Wildman–Crippen LogP) is 4.76. The van der Waals surface area contributed by atoms with Crippen molar-refractivity contribution in [2.45, 2.75) is 69.7 Å². The van der Waals surface area contributed by atoms with E-state index in [1.807, 2.05) is 6.07 Å². The van der Waals surface area contributed by atoms with Gasteiger partial charge in [-0.3, -0.25) is 4.90 Å². The Morgan fingerprint density at radius 3 is 2.33 bits per heavy atom. The van der Waals surface area contributed by atoms with E-state index in [0.717, 1.165) is 19.4 Å². The van der Waals surface area contributed by atoms with Crippen molar-refractivity contribution in [3.8, 4) is 0 Å². The van der Waals surface area contributed by atoms with Crippen LogP contribution in [0.3, 0.4) is 0 Å². The van der Waals surface area contributed by atoms with Crippen LogP contribution in [0, 0.1) is 18.6 Å². The number of halogens is 2. The molecule has 2 aromatic carbocycles. The molecule has 2 nitrogen and oxygen atoms in total. The number of aryl methyl sites for hydroxylation is 1. The molecule has 144 valence electrons. The van der Waals surface area contributed by atoms with Gasteiger partial charge in [0.15, 0.2) is 11.6 Å². The summed E-state index contributed by atoms with van der Waals surface area (Å²) >= 11 is 0. The second-order valence-corrected chi connectivity index (χ2v) is 8.38. The van der Waals surface area contributed by atoms with Crippen molar-refractivity contribution in [1.82, 2.24) is 4.90 Å². The fourth-order valence-corrected chi connectivity index (χ4v) is 4.99. The molecule has 0 aliphatic carbocycles. The molecular weight excluding hydrogens is 344 g/mol. The van der Waals surface area contributed by atoms with Crippen molar-refractivity contribution < 1.29 is 13.9 Å². The van der Waals surface area contributed by atoms with Gasteiger partial charge in [-0.15, -0.1) is 0 Å². The maximum atomic E-state index is 14.3. The maximum Gasteiger partial charge on any atom is 0.162 e. The number of hydrogen-bond donors (Lipinski definition) is 1. The molecule has 2 unspecified atom stereocenters. The second-order valence-electron chi connectivity index (χ2n) is 8.38. The highest BCUT2D eigenvalue weighted by molar-refractivity contribution is 5.27. The fourth-order valence-electron chi connectivity index (χ4n) is 4.99. The summed E-state index contributed by atoms with van der Waals surface area (Å²) in [6.45, 7) is 2.45. The van der Waals surface area contributed by atoms with Crippen LogP contribution in [-0.2, 0) is 13.0 Å². The normalized spacial score (nSPS) is 28.3. The summed E-state index contributed by atoms with van der Waals surface area (Å²) in [5.41, 5.74) is 0.908. The van der Waals surface area contributed by atoms with Crippen LogP contribution in [-0.4, -0.2) is 27.7 Å². The minimum Gasteiger partial charge on any atom is -0.389 e. The van der Waals surface area contributed by atoms with Crippen LogP contribution < -0.4 is 0 Å². The Balaban J connectivity index is 1.53. The quantitative estimate of drug-likeness (QED) is 0.837. The Kier molecular flexibility index (Phi) is 5.04. The van der Waals surface area contributed by atoms with Gasteiger partial charge in [-0.05, 0) is 49.3 Å². The Labute approximate surface area is 159 Å². The molecule has 2 atom stereocenters. The van der Waals surface area contributed by atoms with Gasteiger partial charge in [-0.2, -0.15) is 0 Å². The van der Waals surface area contributed by atoms with E-state index in [0.29, 0.717) is 30.5 Å². The highest BCUT2D eigenvalue weighted by Crippen LogP contribution is 2.41. The first-order valence-electron chi connectivity index (χ1n) is 9.91. The Bertz CT molecular complexity index is 794. The molecule has 0 radical (unpaired) electrons. The minimum absolute atomic E-state index is 0.183. The Morgan fingerprint density at radius 1 is 1.00 bits per heavy atom. The average molecular weight is 371 g/mol. The van der Waals surface area contributed by atoms with E-state index in [4.69, 9.17) is 0 Å². The summed E-state index contributed by atoms with van der Waals surface area (Å²) < 4.78 is 28.3. The van der Waals surface area contributed by atoms with E-state index >= 15 is 0 Å². The van der Waals surface area contributed by atoms with Gasteiger partial charge in [0, 0.05) is 25.0 Å². The minimum atomic E-state index is -0.967. The lowest BCUT2D eigenvalue weighted by Crippen LogP contribution is -2.58. The summed E-state index contributed by atoms with van der Waals surface area (Å²) in [4.78, 5) is 2.51. The van der Waals surface area contributed by atoms with Gasteiger partial charge < -0.3 is 5.11 Å². The summed E-state index contributed by atoms with van der Waals surface area (Å²) in [7, 11) is 0. The molecule has 1 N–H and O–H groups in total. The van der Waals surface area contributed by atoms with Crippen LogP contribution in [0.4, 0.5) is 8.78 Å². The number of aliphatic hydroxyl groups is 1. The maximum absolute atomic E-state index is 14.3. The number of nitrogens with zero attached hydrogens (tertiary/aromatic N) is 1. The van der Waals surface area contributed by atoms with Crippen LogP contribution in [0.5, 0.6) is 0 Å². The molecule has 0 saturated carbocycles. The molecule has 4 heteroatoms. The molecule has 4 rings (SSSR count). The van der Waals surface area contributed by atoms with E-state index in [2.05, 4.69) is 29.2 Å². The monoisotopic (exact) mass is 371 g/mol. The van der Waals surface area contributed by atoms with E-state index in [1.165, 1.54) is 12.0 Å². The van der Waals surface area contributed by atoms with Crippen LogP contribution >= 0.6 is 0 Å². The first kappa shape index (κ1) is 18.6. The molecule has 0 aromatic heterocycles. The zero-order valence-corrected chi connectivity index (χ0v) is 15.8. The highest BCUT2D eigenvalue weighted by atomic mass is 19.2. The number of piperidine rings is 2. The number of benzene rings is 2. The first-order chi connectivity index (χ1) is 13.0. The molecule has 2 bridgehead atoms. The van der Waals surface area contributed by atoms with Gasteiger partial charge in [0.2, 0.25) is 0 Å². The fraction of sp³-hybridized carbons (Fsp3) is 0.478. The summed E-state index contributed by atoms with van der Waals surface area (Å²) in [5, 5.41) is 11.3. The van der Waals surface area contributed by atoms with E-state index in [1.54, 1.807) is 19.1 Å². The lowest BCUT2D eigenvalue weighted by Gasteiger charge is -2.52. The van der Waals surface area contributed by atoms with Crippen molar-refractivity contribution in [2.75, 3.05) is 0 Å². The van der Waals surface area contributed by atoms with Gasteiger partial charge in [0.05, 0.1) is 5.60 Å². The molecule has 2 aliphatic heterocycles. The average Bonchev–Trinajstić information content (AvgIpc) is 2.64. The number of fused-ring (bicyclic) bond motifs is 2. The molecule has 27 heavy (non-hydrogen) atoms. The highest BCUT2D eigenvalue weighted by Gasteiger charge is 2.45. The van der Waals surface area contributed by atoms with Crippen molar-refractivity contribution >= 4 is 0 Å². The van der Waals surface area contributed by atoms with Crippen molar-refractivity contribution in [3.63, 3.8) is 0 Å². The van der Waals surface area contributed by atoms with Gasteiger partial charge >= 0.3 is 0 Å². The van der Waals surface area contributed by atoms with Gasteiger partial charge in [-0.25, -0.2) is 8.78 Å². The summed E-state index contributed by atoms with van der Waals surface area (Å²) in [6.07, 6.45) is 4.69. The SMILES string of the molecule is Cc1ccc(CC2(O)CC3CCCC(C2)N3Cc2ccccc2)c(F)c1F. The first-order valence-corrected chi connectivity index (χ1v) is 9.91. The topological polar surface area (TPSA) is 23.5 Å². The van der Waals surface area contributed by atoms with Crippen LogP contribution in [0.25, 0.3) is 0 Å². The van der Waals surface area contributed by atoms with Crippen molar-refractivity contribution in [1.29, 1.82) is 0 Å². The predicted molar refractivity (Wildman–Crippen MR) is 102 cm³/mol. The van der Waals surface area contributed by atoms with Crippen LogP contribution in [0.1, 0.15) is 48.8 Å².